The van der Waals surface area contributed by atoms with Crippen LogP contribution in [0.1, 0.15) is 31.4 Å². The number of thiol groups is 2. The standard InChI is InChI=1S/C20H24OS3/c1-14(2)11-12-21-18-10-9-15(3)13-17(18)19(22)20(23)24-16-7-5-4-6-8-16/h4-10,13-14,22-23H,11-12H2,1-3H3. The molecule has 0 heterocycles. The fourth-order valence-corrected chi connectivity index (χ4v) is 3.59. The van der Waals surface area contributed by atoms with Crippen molar-refractivity contribution in [3.63, 3.8) is 0 Å². The zero-order valence-electron chi connectivity index (χ0n) is 14.3. The Morgan fingerprint density at radius 1 is 1.08 bits per heavy atom. The molecule has 128 valence electrons. The second-order valence-corrected chi connectivity index (χ2v) is 8.38. The first kappa shape index (κ1) is 19.4. The highest BCUT2D eigenvalue weighted by Gasteiger charge is 2.11. The van der Waals surface area contributed by atoms with Crippen LogP contribution in [0.3, 0.4) is 0 Å². The molecule has 24 heavy (non-hydrogen) atoms. The summed E-state index contributed by atoms with van der Waals surface area (Å²) in [6.07, 6.45) is 1.03. The average Bonchev–Trinajstić information content (AvgIpc) is 2.56. The van der Waals surface area contributed by atoms with Crippen molar-refractivity contribution < 1.29 is 4.74 Å². The molecule has 4 heteroatoms. The maximum absolute atomic E-state index is 6.00. The van der Waals surface area contributed by atoms with Crippen molar-refractivity contribution in [1.82, 2.24) is 0 Å². The van der Waals surface area contributed by atoms with E-state index in [1.807, 2.05) is 24.3 Å². The minimum absolute atomic E-state index is 0.624. The van der Waals surface area contributed by atoms with Crippen molar-refractivity contribution in [2.24, 2.45) is 5.92 Å². The maximum Gasteiger partial charge on any atom is 0.127 e. The molecule has 0 saturated carbocycles. The Bertz CT molecular complexity index is 693. The minimum atomic E-state index is 0.624. The summed E-state index contributed by atoms with van der Waals surface area (Å²) in [6.45, 7) is 7.19. The third-order valence-corrected chi connectivity index (χ3v) is 5.70. The molecule has 0 aliphatic rings. The smallest absolute Gasteiger partial charge is 0.127 e. The van der Waals surface area contributed by atoms with Gasteiger partial charge in [0.15, 0.2) is 0 Å². The summed E-state index contributed by atoms with van der Waals surface area (Å²) >= 11 is 11.0. The molecule has 2 rings (SSSR count). The third kappa shape index (κ3) is 5.83. The van der Waals surface area contributed by atoms with E-state index in [4.69, 9.17) is 17.4 Å². The van der Waals surface area contributed by atoms with Gasteiger partial charge in [-0.2, -0.15) is 0 Å². The van der Waals surface area contributed by atoms with E-state index in [9.17, 15) is 0 Å². The molecule has 0 radical (unpaired) electrons. The highest BCUT2D eigenvalue weighted by atomic mass is 32.2. The van der Waals surface area contributed by atoms with Gasteiger partial charge in [0.25, 0.3) is 0 Å². The Balaban J connectivity index is 2.24. The van der Waals surface area contributed by atoms with Crippen LogP contribution in [0.2, 0.25) is 0 Å². The quantitative estimate of drug-likeness (QED) is 0.411. The van der Waals surface area contributed by atoms with Crippen LogP contribution < -0.4 is 4.74 Å². The van der Waals surface area contributed by atoms with Crippen LogP contribution >= 0.6 is 37.0 Å². The van der Waals surface area contributed by atoms with Gasteiger partial charge in [-0.1, -0.05) is 55.4 Å². The summed E-state index contributed by atoms with van der Waals surface area (Å²) in [5.74, 6) is 1.49. The molecule has 0 aliphatic heterocycles. The van der Waals surface area contributed by atoms with Crippen LogP contribution in [-0.4, -0.2) is 6.61 Å². The molecule has 0 aliphatic carbocycles. The van der Waals surface area contributed by atoms with Gasteiger partial charge < -0.3 is 4.74 Å². The molecule has 2 aromatic carbocycles. The molecular weight excluding hydrogens is 352 g/mol. The van der Waals surface area contributed by atoms with Crippen LogP contribution in [0.4, 0.5) is 0 Å². The molecule has 0 saturated heterocycles. The number of rotatable bonds is 7. The van der Waals surface area contributed by atoms with Gasteiger partial charge in [0.05, 0.1) is 10.8 Å². The van der Waals surface area contributed by atoms with Crippen LogP contribution in [0.25, 0.3) is 4.91 Å². The van der Waals surface area contributed by atoms with Crippen molar-refractivity contribution in [3.05, 3.63) is 63.9 Å². The summed E-state index contributed by atoms with van der Waals surface area (Å²) in [5.41, 5.74) is 2.18. The van der Waals surface area contributed by atoms with E-state index >= 15 is 0 Å². The lowest BCUT2D eigenvalue weighted by atomic mass is 10.1. The van der Waals surface area contributed by atoms with Crippen molar-refractivity contribution in [1.29, 1.82) is 0 Å². The Labute approximate surface area is 160 Å². The second-order valence-electron chi connectivity index (χ2n) is 6.10. The summed E-state index contributed by atoms with van der Waals surface area (Å²) in [5, 5.41) is 0. The van der Waals surface area contributed by atoms with E-state index in [-0.39, 0.29) is 0 Å². The zero-order chi connectivity index (χ0) is 17.5. The molecule has 1 nitrogen and oxygen atoms in total. The largest absolute Gasteiger partial charge is 0.493 e. The van der Waals surface area contributed by atoms with Gasteiger partial charge in [-0.15, -0.1) is 25.3 Å². The van der Waals surface area contributed by atoms with Crippen LogP contribution in [-0.2, 0) is 0 Å². The summed E-state index contributed by atoms with van der Waals surface area (Å²) < 4.78 is 6.86. The Kier molecular flexibility index (Phi) is 7.66. The predicted octanol–water partition coefficient (Wildman–Crippen LogP) is 6.70. The van der Waals surface area contributed by atoms with Crippen molar-refractivity contribution in [2.45, 2.75) is 32.1 Å². The number of hydrogen-bond acceptors (Lipinski definition) is 4. The number of aryl methyl sites for hydroxylation is 1. The molecule has 0 spiro atoms. The normalized spacial score (nSPS) is 12.2. The van der Waals surface area contributed by atoms with E-state index in [1.54, 1.807) is 11.8 Å². The summed E-state index contributed by atoms with van der Waals surface area (Å²) in [7, 11) is 0. The number of hydrogen-bond donors (Lipinski definition) is 2. The van der Waals surface area contributed by atoms with Gasteiger partial charge in [0, 0.05) is 15.4 Å². The SMILES string of the molecule is Cc1ccc(OCCC(C)C)c(C(S)=C(S)Sc2ccccc2)c1. The average molecular weight is 377 g/mol. The van der Waals surface area contributed by atoms with Gasteiger partial charge in [0.1, 0.15) is 5.75 Å². The van der Waals surface area contributed by atoms with Gasteiger partial charge >= 0.3 is 0 Å². The van der Waals surface area contributed by atoms with Gasteiger partial charge in [0.2, 0.25) is 0 Å². The number of benzene rings is 2. The molecule has 0 unspecified atom stereocenters. The Hall–Kier alpha value is -0.970. The van der Waals surface area contributed by atoms with E-state index in [0.29, 0.717) is 12.5 Å². The fourth-order valence-electron chi connectivity index (χ4n) is 2.12. The van der Waals surface area contributed by atoms with Crippen LogP contribution in [0.15, 0.2) is 57.7 Å². The molecule has 0 aromatic heterocycles. The highest BCUT2D eigenvalue weighted by molar-refractivity contribution is 8.17. The molecule has 0 amide bonds. The van der Waals surface area contributed by atoms with Gasteiger partial charge in [-0.05, 0) is 43.5 Å². The van der Waals surface area contributed by atoms with Gasteiger partial charge in [-0.25, -0.2) is 0 Å². The van der Waals surface area contributed by atoms with Crippen LogP contribution in [0.5, 0.6) is 5.75 Å². The van der Waals surface area contributed by atoms with Crippen molar-refractivity contribution in [3.8, 4) is 5.75 Å². The lowest BCUT2D eigenvalue weighted by molar-refractivity contribution is 0.289. The number of thioether (sulfide) groups is 1. The van der Waals surface area contributed by atoms with E-state index < -0.39 is 0 Å². The lowest BCUT2D eigenvalue weighted by Crippen LogP contribution is -2.03. The minimum Gasteiger partial charge on any atom is -0.493 e. The fraction of sp³-hybridized carbons (Fsp3) is 0.300. The van der Waals surface area contributed by atoms with E-state index in [1.165, 1.54) is 5.56 Å². The maximum atomic E-state index is 6.00. The first-order chi connectivity index (χ1) is 11.5. The van der Waals surface area contributed by atoms with E-state index in [0.717, 1.165) is 31.8 Å². The molecule has 0 atom stereocenters. The Morgan fingerprint density at radius 3 is 2.46 bits per heavy atom. The molecule has 2 aromatic rings. The highest BCUT2D eigenvalue weighted by Crippen LogP contribution is 2.40. The molecule has 0 fully saturated rings. The molecule has 0 N–H and O–H groups in total. The van der Waals surface area contributed by atoms with E-state index in [2.05, 4.69) is 57.7 Å². The predicted molar refractivity (Wildman–Crippen MR) is 113 cm³/mol. The molecule has 0 bridgehead atoms. The van der Waals surface area contributed by atoms with Gasteiger partial charge in [-0.3, -0.25) is 0 Å². The molecular formula is C20H24OS3. The second kappa shape index (κ2) is 9.50. The third-order valence-electron chi connectivity index (χ3n) is 3.50. The monoisotopic (exact) mass is 376 g/mol. The Morgan fingerprint density at radius 2 is 1.79 bits per heavy atom. The zero-order valence-corrected chi connectivity index (χ0v) is 16.9. The summed E-state index contributed by atoms with van der Waals surface area (Å²) in [6, 6.07) is 16.4. The van der Waals surface area contributed by atoms with Crippen molar-refractivity contribution >= 4 is 41.9 Å². The van der Waals surface area contributed by atoms with Crippen LogP contribution in [0, 0.1) is 12.8 Å². The topological polar surface area (TPSA) is 9.23 Å². The van der Waals surface area contributed by atoms with Crippen molar-refractivity contribution in [2.75, 3.05) is 6.61 Å². The first-order valence-electron chi connectivity index (χ1n) is 8.06. The first-order valence-corrected chi connectivity index (χ1v) is 9.77. The lowest BCUT2D eigenvalue weighted by Gasteiger charge is -2.15. The summed E-state index contributed by atoms with van der Waals surface area (Å²) in [4.78, 5) is 1.99. The number of ether oxygens (including phenoxy) is 1.